The highest BCUT2D eigenvalue weighted by Gasteiger charge is 2.33. The average Bonchev–Trinajstić information content (AvgIpc) is 2.60. The number of hydrogen-bond acceptors (Lipinski definition) is 1. The quantitative estimate of drug-likeness (QED) is 0.440. The van der Waals surface area contributed by atoms with E-state index in [0.717, 1.165) is 14.5 Å². The number of benzene rings is 1. The summed E-state index contributed by atoms with van der Waals surface area (Å²) in [6.45, 7) is 0. The van der Waals surface area contributed by atoms with Gasteiger partial charge in [-0.05, 0) is 34.7 Å². The second kappa shape index (κ2) is 4.37. The van der Waals surface area contributed by atoms with Crippen LogP contribution in [0.25, 0.3) is 10.9 Å². The van der Waals surface area contributed by atoms with Crippen molar-refractivity contribution >= 4 is 74.1 Å². The van der Waals surface area contributed by atoms with Crippen molar-refractivity contribution in [2.75, 3.05) is 0 Å². The van der Waals surface area contributed by atoms with Gasteiger partial charge in [-0.15, -0.1) is 0 Å². The molecule has 0 aliphatic heterocycles. The number of carbonyl (C=O) groups is 1. The molecule has 0 aliphatic rings. The highest BCUT2D eigenvalue weighted by molar-refractivity contribution is 14.1. The first-order chi connectivity index (χ1) is 7.41. The van der Waals surface area contributed by atoms with E-state index in [1.165, 1.54) is 0 Å². The topological polar surface area (TPSA) is 32.9 Å². The lowest BCUT2D eigenvalue weighted by Gasteiger charge is -2.08. The van der Waals surface area contributed by atoms with E-state index >= 15 is 0 Å². The molecule has 6 heteroatoms. The third-order valence-electron chi connectivity index (χ3n) is 2.16. The zero-order chi connectivity index (χ0) is 11.9. The van der Waals surface area contributed by atoms with Crippen LogP contribution in [0, 0.1) is 3.57 Å². The van der Waals surface area contributed by atoms with E-state index in [1.54, 1.807) is 6.20 Å². The molecule has 1 aromatic carbocycles. The fraction of sp³-hybridized carbons (Fsp3) is 0.100. The molecule has 0 radical (unpaired) electrons. The van der Waals surface area contributed by atoms with E-state index in [4.69, 9.17) is 34.8 Å². The average molecular weight is 388 g/mol. The van der Waals surface area contributed by atoms with Gasteiger partial charge in [0.2, 0.25) is 5.78 Å². The lowest BCUT2D eigenvalue weighted by Crippen LogP contribution is -2.18. The van der Waals surface area contributed by atoms with Crippen molar-refractivity contribution in [3.63, 3.8) is 0 Å². The first-order valence-electron chi connectivity index (χ1n) is 4.28. The number of nitrogens with one attached hydrogen (secondary N) is 1. The molecular formula is C10H5Cl3INO. The third-order valence-corrected chi connectivity index (χ3v) is 3.57. The lowest BCUT2D eigenvalue weighted by molar-refractivity contribution is 0.0998. The summed E-state index contributed by atoms with van der Waals surface area (Å²) in [6, 6.07) is 5.66. The molecule has 0 spiro atoms. The second-order valence-corrected chi connectivity index (χ2v) is 6.64. The van der Waals surface area contributed by atoms with Crippen LogP contribution in [0.15, 0.2) is 24.4 Å². The van der Waals surface area contributed by atoms with E-state index in [-0.39, 0.29) is 0 Å². The summed E-state index contributed by atoms with van der Waals surface area (Å²) < 4.78 is -0.984. The predicted octanol–water partition coefficient (Wildman–Crippen LogP) is 4.33. The van der Waals surface area contributed by atoms with Crippen molar-refractivity contribution in [3.05, 3.63) is 33.5 Å². The van der Waals surface area contributed by atoms with Crippen LogP contribution in [0.5, 0.6) is 0 Å². The Morgan fingerprint density at radius 3 is 2.62 bits per heavy atom. The second-order valence-electron chi connectivity index (χ2n) is 3.19. The molecule has 0 aliphatic carbocycles. The molecule has 0 unspecified atom stereocenters. The number of rotatable bonds is 1. The Morgan fingerprint density at radius 1 is 1.31 bits per heavy atom. The van der Waals surface area contributed by atoms with Gasteiger partial charge in [-0.25, -0.2) is 0 Å². The van der Waals surface area contributed by atoms with Crippen molar-refractivity contribution in [2.45, 2.75) is 3.79 Å². The summed E-state index contributed by atoms with van der Waals surface area (Å²) in [7, 11) is 0. The third kappa shape index (κ3) is 2.18. The van der Waals surface area contributed by atoms with Gasteiger partial charge in [0, 0.05) is 26.2 Å². The Bertz CT molecular complexity index is 559. The van der Waals surface area contributed by atoms with Gasteiger partial charge in [0.1, 0.15) is 0 Å². The molecule has 0 atom stereocenters. The fourth-order valence-corrected chi connectivity index (χ4v) is 2.57. The SMILES string of the molecule is O=C(c1c[nH]c2cccc(I)c12)C(Cl)(Cl)Cl. The first-order valence-corrected chi connectivity index (χ1v) is 6.49. The fourth-order valence-electron chi connectivity index (χ4n) is 1.47. The Balaban J connectivity index is 2.67. The van der Waals surface area contributed by atoms with Gasteiger partial charge < -0.3 is 4.98 Å². The summed E-state index contributed by atoms with van der Waals surface area (Å²) in [5.74, 6) is -0.520. The number of H-pyrrole nitrogens is 1. The predicted molar refractivity (Wildman–Crippen MR) is 75.6 cm³/mol. The Kier molecular flexibility index (Phi) is 3.41. The van der Waals surface area contributed by atoms with Gasteiger partial charge in [0.15, 0.2) is 0 Å². The summed E-state index contributed by atoms with van der Waals surface area (Å²) in [4.78, 5) is 14.9. The van der Waals surface area contributed by atoms with Crippen molar-refractivity contribution in [3.8, 4) is 0 Å². The largest absolute Gasteiger partial charge is 0.360 e. The zero-order valence-corrected chi connectivity index (χ0v) is 12.2. The molecule has 1 aromatic heterocycles. The van der Waals surface area contributed by atoms with E-state index in [9.17, 15) is 4.79 Å². The van der Waals surface area contributed by atoms with Crippen molar-refractivity contribution in [1.29, 1.82) is 0 Å². The van der Waals surface area contributed by atoms with Crippen LogP contribution in [0.2, 0.25) is 0 Å². The summed E-state index contributed by atoms with van der Waals surface area (Å²) >= 11 is 18.9. The number of aromatic nitrogens is 1. The monoisotopic (exact) mass is 387 g/mol. The van der Waals surface area contributed by atoms with Crippen LogP contribution in [-0.4, -0.2) is 14.6 Å². The minimum atomic E-state index is -1.92. The van der Waals surface area contributed by atoms with Crippen LogP contribution in [-0.2, 0) is 0 Å². The molecule has 2 aromatic rings. The number of halogens is 4. The zero-order valence-electron chi connectivity index (χ0n) is 7.73. The molecule has 2 nitrogen and oxygen atoms in total. The first kappa shape index (κ1) is 12.5. The maximum atomic E-state index is 11.9. The van der Waals surface area contributed by atoms with Gasteiger partial charge in [-0.1, -0.05) is 40.9 Å². The number of ketones is 1. The lowest BCUT2D eigenvalue weighted by atomic mass is 10.1. The minimum absolute atomic E-state index is 0.403. The Hall–Kier alpha value is 0.0300. The van der Waals surface area contributed by atoms with E-state index < -0.39 is 9.58 Å². The van der Waals surface area contributed by atoms with Crippen molar-refractivity contribution in [2.24, 2.45) is 0 Å². The Labute approximate surface area is 120 Å². The number of Topliss-reactive ketones (excluding diaryl/α,β-unsaturated/α-hetero) is 1. The van der Waals surface area contributed by atoms with Gasteiger partial charge >= 0.3 is 0 Å². The molecular weight excluding hydrogens is 383 g/mol. The number of alkyl halides is 3. The van der Waals surface area contributed by atoms with Gasteiger partial charge in [0.25, 0.3) is 3.79 Å². The smallest absolute Gasteiger partial charge is 0.253 e. The van der Waals surface area contributed by atoms with Crippen LogP contribution >= 0.6 is 57.4 Å². The van der Waals surface area contributed by atoms with Crippen LogP contribution in [0.1, 0.15) is 10.4 Å². The molecule has 2 rings (SSSR count). The van der Waals surface area contributed by atoms with Crippen molar-refractivity contribution in [1.82, 2.24) is 4.98 Å². The van der Waals surface area contributed by atoms with Gasteiger partial charge in [0.05, 0.1) is 0 Å². The van der Waals surface area contributed by atoms with E-state index in [1.807, 2.05) is 18.2 Å². The minimum Gasteiger partial charge on any atom is -0.360 e. The summed E-state index contributed by atoms with van der Waals surface area (Å²) in [5.41, 5.74) is 1.25. The normalized spacial score (nSPS) is 12.0. The molecule has 0 saturated heterocycles. The number of carbonyl (C=O) groups excluding carboxylic acids is 1. The number of hydrogen-bond donors (Lipinski definition) is 1. The highest BCUT2D eigenvalue weighted by atomic mass is 127. The summed E-state index contributed by atoms with van der Waals surface area (Å²) in [6.07, 6.45) is 1.57. The van der Waals surface area contributed by atoms with Crippen molar-refractivity contribution < 1.29 is 4.79 Å². The molecule has 1 N–H and O–H groups in total. The maximum Gasteiger partial charge on any atom is 0.253 e. The molecule has 84 valence electrons. The molecule has 0 bridgehead atoms. The molecule has 0 fully saturated rings. The molecule has 16 heavy (non-hydrogen) atoms. The summed E-state index contributed by atoms with van der Waals surface area (Å²) in [5, 5.41) is 0.791. The molecule has 0 saturated carbocycles. The van der Waals surface area contributed by atoms with Crippen LogP contribution in [0.4, 0.5) is 0 Å². The van der Waals surface area contributed by atoms with Gasteiger partial charge in [-0.2, -0.15) is 0 Å². The van der Waals surface area contributed by atoms with Crippen LogP contribution in [0.3, 0.4) is 0 Å². The molecule has 1 heterocycles. The number of aromatic amines is 1. The number of fused-ring (bicyclic) bond motifs is 1. The standard InChI is InChI=1S/C10H5Cl3INO/c11-10(12,13)9(16)5-4-15-7-3-1-2-6(14)8(5)7/h1-4,15H. The van der Waals surface area contributed by atoms with E-state index in [0.29, 0.717) is 5.56 Å². The van der Waals surface area contributed by atoms with Gasteiger partial charge in [-0.3, -0.25) is 4.79 Å². The van der Waals surface area contributed by atoms with E-state index in [2.05, 4.69) is 27.6 Å². The Morgan fingerprint density at radius 2 is 2.00 bits per heavy atom. The van der Waals surface area contributed by atoms with Crippen LogP contribution < -0.4 is 0 Å². The maximum absolute atomic E-state index is 11.9. The molecule has 0 amide bonds. The highest BCUT2D eigenvalue weighted by Crippen LogP contribution is 2.34.